The summed E-state index contributed by atoms with van der Waals surface area (Å²) in [6, 6.07) is 0. The Kier molecular flexibility index (Phi) is 6.14. The Morgan fingerprint density at radius 3 is 1.67 bits per heavy atom. The first-order valence-electron chi connectivity index (χ1n) is 3.70. The van der Waals surface area contributed by atoms with E-state index in [1.807, 2.05) is 0 Å². The number of aromatic amines is 1. The molecule has 0 spiro atoms. The minimum Gasteiger partial charge on any atom is -0.245 e. The number of nitrogens with one attached hydrogen (secondary N) is 1. The van der Waals surface area contributed by atoms with Crippen LogP contribution in [0.2, 0.25) is 0 Å². The lowest BCUT2D eigenvalue weighted by molar-refractivity contribution is 0.307. The van der Waals surface area contributed by atoms with E-state index < -0.39 is 0 Å². The largest absolute Gasteiger partial charge is 0.245 e. The first kappa shape index (κ1) is 10.9. The SMILES string of the molecule is c1cn[nH]n1.c1cnon1.c1nncs1. The van der Waals surface area contributed by atoms with Gasteiger partial charge in [-0.1, -0.05) is 10.3 Å². The van der Waals surface area contributed by atoms with E-state index in [0.717, 1.165) is 0 Å². The zero-order valence-electron chi connectivity index (χ0n) is 7.46. The van der Waals surface area contributed by atoms with Crippen LogP contribution in [0.4, 0.5) is 0 Å². The van der Waals surface area contributed by atoms with E-state index in [1.165, 1.54) is 23.7 Å². The molecule has 0 saturated heterocycles. The molecule has 0 aliphatic rings. The summed E-state index contributed by atoms with van der Waals surface area (Å²) in [7, 11) is 0. The molecule has 0 atom stereocenters. The highest BCUT2D eigenvalue weighted by atomic mass is 32.1. The third kappa shape index (κ3) is 6.95. The van der Waals surface area contributed by atoms with Gasteiger partial charge in [-0.3, -0.25) is 0 Å². The van der Waals surface area contributed by atoms with E-state index in [4.69, 9.17) is 0 Å². The third-order valence-electron chi connectivity index (χ3n) is 0.897. The second kappa shape index (κ2) is 8.44. The molecule has 0 aromatic carbocycles. The highest BCUT2D eigenvalue weighted by molar-refractivity contribution is 7.07. The molecule has 0 unspecified atom stereocenters. The summed E-state index contributed by atoms with van der Waals surface area (Å²) in [5, 5.41) is 22.8. The van der Waals surface area contributed by atoms with Gasteiger partial charge in [0.2, 0.25) is 0 Å². The highest BCUT2D eigenvalue weighted by Crippen LogP contribution is 1.80. The van der Waals surface area contributed by atoms with E-state index in [1.54, 1.807) is 23.4 Å². The summed E-state index contributed by atoms with van der Waals surface area (Å²) in [5.41, 5.74) is 3.36. The Labute approximate surface area is 88.3 Å². The molecule has 0 aliphatic heterocycles. The van der Waals surface area contributed by atoms with Crippen LogP contribution in [0, 0.1) is 0 Å². The van der Waals surface area contributed by atoms with E-state index >= 15 is 0 Å². The average Bonchev–Trinajstić information content (AvgIpc) is 3.09. The molecule has 0 amide bonds. The summed E-state index contributed by atoms with van der Waals surface area (Å²) >= 11 is 1.49. The molecule has 8 nitrogen and oxygen atoms in total. The fraction of sp³-hybridized carbons (Fsp3) is 0. The number of nitrogens with zero attached hydrogens (tertiary/aromatic N) is 6. The van der Waals surface area contributed by atoms with Crippen molar-refractivity contribution < 1.29 is 4.63 Å². The number of rotatable bonds is 0. The smallest absolute Gasteiger partial charge is 0.103 e. The Hall–Kier alpha value is -2.16. The topological polar surface area (TPSA) is 106 Å². The van der Waals surface area contributed by atoms with Crippen LogP contribution in [-0.4, -0.2) is 35.9 Å². The Morgan fingerprint density at radius 1 is 0.867 bits per heavy atom. The van der Waals surface area contributed by atoms with Crippen LogP contribution in [0.3, 0.4) is 0 Å². The van der Waals surface area contributed by atoms with Gasteiger partial charge in [0.25, 0.3) is 0 Å². The standard InChI is InChI=1S/C2H3N3.C2H2N2O.C2H2N2S/c2*1-2-4-5-3-1;1-3-4-2-5-1/h1-2H,(H,3,4,5);2*1-2H. The molecule has 1 N–H and O–H groups in total. The molecule has 0 fully saturated rings. The zero-order chi connectivity index (χ0) is 10.6. The summed E-state index contributed by atoms with van der Waals surface area (Å²) in [6.07, 6.45) is 6.11. The zero-order valence-corrected chi connectivity index (χ0v) is 8.28. The second-order valence-corrected chi connectivity index (χ2v) is 2.52. The van der Waals surface area contributed by atoms with Crippen LogP contribution < -0.4 is 0 Å². The summed E-state index contributed by atoms with van der Waals surface area (Å²) in [4.78, 5) is 0. The van der Waals surface area contributed by atoms with Crippen molar-refractivity contribution in [1.82, 2.24) is 35.9 Å². The maximum Gasteiger partial charge on any atom is 0.103 e. The van der Waals surface area contributed by atoms with E-state index in [-0.39, 0.29) is 0 Å². The van der Waals surface area contributed by atoms with Crippen molar-refractivity contribution in [3.8, 4) is 0 Å². The molecular weight excluding hydrogens is 218 g/mol. The maximum absolute atomic E-state index is 4.08. The molecule has 15 heavy (non-hydrogen) atoms. The van der Waals surface area contributed by atoms with Crippen molar-refractivity contribution in [2.24, 2.45) is 0 Å². The first-order valence-corrected chi connectivity index (χ1v) is 4.64. The molecule has 3 heterocycles. The van der Waals surface area contributed by atoms with Crippen molar-refractivity contribution in [1.29, 1.82) is 0 Å². The molecule has 0 bridgehead atoms. The number of hydrogen-bond acceptors (Lipinski definition) is 8. The molecule has 78 valence electrons. The lowest BCUT2D eigenvalue weighted by atomic mass is 11.0. The number of H-pyrrole nitrogens is 1. The van der Waals surface area contributed by atoms with Gasteiger partial charge >= 0.3 is 0 Å². The summed E-state index contributed by atoms with van der Waals surface area (Å²) < 4.78 is 4.08. The van der Waals surface area contributed by atoms with Gasteiger partial charge < -0.3 is 0 Å². The van der Waals surface area contributed by atoms with Gasteiger partial charge in [0, 0.05) is 0 Å². The van der Waals surface area contributed by atoms with Gasteiger partial charge in [-0.15, -0.1) is 21.5 Å². The Balaban J connectivity index is 0.000000112. The van der Waals surface area contributed by atoms with E-state index in [9.17, 15) is 0 Å². The van der Waals surface area contributed by atoms with E-state index in [2.05, 4.69) is 40.6 Å². The Morgan fingerprint density at radius 2 is 1.47 bits per heavy atom. The minimum absolute atomic E-state index is 1.47. The average molecular weight is 225 g/mol. The summed E-state index contributed by atoms with van der Waals surface area (Å²) in [5.74, 6) is 0. The predicted molar refractivity (Wildman–Crippen MR) is 50.6 cm³/mol. The normalized spacial score (nSPS) is 8.00. The number of hydrogen-bond donors (Lipinski definition) is 1. The lowest BCUT2D eigenvalue weighted by Crippen LogP contribution is -1.61. The highest BCUT2D eigenvalue weighted by Gasteiger charge is 1.61. The van der Waals surface area contributed by atoms with Crippen LogP contribution >= 0.6 is 11.3 Å². The fourth-order valence-corrected chi connectivity index (χ4v) is 0.711. The predicted octanol–water partition coefficient (Wildman–Crippen LogP) is 0.412. The molecule has 3 aromatic rings. The maximum atomic E-state index is 4.08. The van der Waals surface area contributed by atoms with Gasteiger partial charge in [-0.2, -0.15) is 15.4 Å². The van der Waals surface area contributed by atoms with Crippen LogP contribution in [0.1, 0.15) is 0 Å². The minimum atomic E-state index is 1.47. The van der Waals surface area contributed by atoms with E-state index in [0.29, 0.717) is 0 Å². The van der Waals surface area contributed by atoms with Crippen molar-refractivity contribution in [3.05, 3.63) is 35.8 Å². The molecule has 3 rings (SSSR count). The van der Waals surface area contributed by atoms with Gasteiger partial charge in [-0.05, 0) is 0 Å². The van der Waals surface area contributed by atoms with Crippen molar-refractivity contribution in [2.75, 3.05) is 0 Å². The van der Waals surface area contributed by atoms with Crippen LogP contribution in [0.25, 0.3) is 0 Å². The van der Waals surface area contributed by atoms with Gasteiger partial charge in [0.15, 0.2) is 0 Å². The quantitative estimate of drug-likeness (QED) is 0.590. The third-order valence-corrected chi connectivity index (χ3v) is 1.33. The van der Waals surface area contributed by atoms with Crippen LogP contribution in [0.15, 0.2) is 40.4 Å². The Bertz CT molecular complexity index is 255. The van der Waals surface area contributed by atoms with Gasteiger partial charge in [0.1, 0.15) is 11.0 Å². The van der Waals surface area contributed by atoms with Crippen molar-refractivity contribution >= 4 is 11.3 Å². The molecule has 0 saturated carbocycles. The molecule has 0 aliphatic carbocycles. The molecule has 3 aromatic heterocycles. The summed E-state index contributed by atoms with van der Waals surface area (Å²) in [6.45, 7) is 0. The molecule has 0 radical (unpaired) electrons. The van der Waals surface area contributed by atoms with Gasteiger partial charge in [0.05, 0.1) is 24.8 Å². The molecule has 9 heteroatoms. The molecular formula is C6H7N7OS. The van der Waals surface area contributed by atoms with Crippen molar-refractivity contribution in [2.45, 2.75) is 0 Å². The first-order chi connectivity index (χ1) is 7.50. The van der Waals surface area contributed by atoms with Crippen molar-refractivity contribution in [3.63, 3.8) is 0 Å². The fourth-order valence-electron chi connectivity index (χ4n) is 0.439. The second-order valence-electron chi connectivity index (χ2n) is 1.82. The number of aromatic nitrogens is 7. The van der Waals surface area contributed by atoms with Crippen LogP contribution in [0.5, 0.6) is 0 Å². The van der Waals surface area contributed by atoms with Gasteiger partial charge in [-0.25, -0.2) is 4.63 Å². The monoisotopic (exact) mass is 225 g/mol. The van der Waals surface area contributed by atoms with Crippen LogP contribution in [-0.2, 0) is 0 Å². The lowest BCUT2D eigenvalue weighted by Gasteiger charge is -1.48.